The van der Waals surface area contributed by atoms with Gasteiger partial charge >= 0.3 is 0 Å². The first-order chi connectivity index (χ1) is 8.85. The Balaban J connectivity index is 2.11. The van der Waals surface area contributed by atoms with Gasteiger partial charge in [-0.1, -0.05) is 31.4 Å². The van der Waals surface area contributed by atoms with Crippen molar-refractivity contribution in [3.8, 4) is 0 Å². The summed E-state index contributed by atoms with van der Waals surface area (Å²) in [6.07, 6.45) is 6.37. The second-order valence-corrected chi connectivity index (χ2v) is 5.03. The molecule has 1 fully saturated rings. The number of aliphatic hydroxyl groups excluding tert-OH is 2. The smallest absolute Gasteiger partial charge is 0.0681 e. The van der Waals surface area contributed by atoms with Gasteiger partial charge in [-0.15, -0.1) is 0 Å². The minimum atomic E-state index is 0.0870. The predicted molar refractivity (Wildman–Crippen MR) is 73.7 cm³/mol. The van der Waals surface area contributed by atoms with E-state index in [0.29, 0.717) is 12.6 Å². The lowest BCUT2D eigenvalue weighted by Gasteiger charge is -2.36. The Morgan fingerprint density at radius 3 is 2.22 bits per heavy atom. The van der Waals surface area contributed by atoms with Gasteiger partial charge in [-0.2, -0.15) is 0 Å². The minimum absolute atomic E-state index is 0.0870. The van der Waals surface area contributed by atoms with Gasteiger partial charge < -0.3 is 15.1 Å². The number of benzene rings is 1. The van der Waals surface area contributed by atoms with Gasteiger partial charge in [-0.05, 0) is 30.5 Å². The summed E-state index contributed by atoms with van der Waals surface area (Å²) in [7, 11) is 0. The van der Waals surface area contributed by atoms with Gasteiger partial charge in [0.05, 0.1) is 13.2 Å². The highest BCUT2D eigenvalue weighted by Gasteiger charge is 2.20. The highest BCUT2D eigenvalue weighted by atomic mass is 16.3. The molecule has 0 atom stereocenters. The summed E-state index contributed by atoms with van der Waals surface area (Å²) in [6.45, 7) is 0.977. The molecule has 0 amide bonds. The van der Waals surface area contributed by atoms with Gasteiger partial charge in [0.1, 0.15) is 0 Å². The molecule has 1 aliphatic rings. The third-order valence-electron chi connectivity index (χ3n) is 3.81. The molecule has 18 heavy (non-hydrogen) atoms. The molecule has 1 aromatic rings. The number of anilines is 1. The molecule has 0 spiro atoms. The molecule has 2 rings (SSSR count). The second-order valence-electron chi connectivity index (χ2n) is 5.03. The van der Waals surface area contributed by atoms with Crippen LogP contribution in [-0.4, -0.2) is 29.4 Å². The van der Waals surface area contributed by atoms with Crippen LogP contribution in [0.5, 0.6) is 0 Å². The Hall–Kier alpha value is -1.06. The molecular formula is C15H23NO2. The van der Waals surface area contributed by atoms with E-state index in [9.17, 15) is 5.11 Å². The van der Waals surface area contributed by atoms with Gasteiger partial charge in [-0.25, -0.2) is 0 Å². The Morgan fingerprint density at radius 2 is 1.67 bits per heavy atom. The summed E-state index contributed by atoms with van der Waals surface area (Å²) < 4.78 is 0. The first-order valence-corrected chi connectivity index (χ1v) is 6.92. The predicted octanol–water partition coefficient (Wildman–Crippen LogP) is 2.31. The first kappa shape index (κ1) is 13.4. The standard InChI is InChI=1S/C15H23NO2/c17-11-10-16(14-4-2-1-3-5-14)15-8-6-13(12-18)7-9-15/h6-9,14,17-18H,1-5,10-12H2. The second kappa shape index (κ2) is 6.76. The molecule has 3 heteroatoms. The van der Waals surface area contributed by atoms with Crippen LogP contribution in [0.25, 0.3) is 0 Å². The van der Waals surface area contributed by atoms with Crippen molar-refractivity contribution >= 4 is 5.69 Å². The quantitative estimate of drug-likeness (QED) is 0.841. The number of hydrogen-bond acceptors (Lipinski definition) is 3. The van der Waals surface area contributed by atoms with Crippen molar-refractivity contribution in [1.29, 1.82) is 0 Å². The zero-order valence-corrected chi connectivity index (χ0v) is 10.9. The SMILES string of the molecule is OCCN(c1ccc(CO)cc1)C1CCCCC1. The summed E-state index contributed by atoms with van der Waals surface area (Å²) in [5.74, 6) is 0. The Labute approximate surface area is 109 Å². The van der Waals surface area contributed by atoms with Crippen LogP contribution in [0, 0.1) is 0 Å². The number of aliphatic hydroxyl groups is 2. The molecule has 100 valence electrons. The van der Waals surface area contributed by atoms with Crippen LogP contribution in [0.3, 0.4) is 0 Å². The van der Waals surface area contributed by atoms with Crippen molar-refractivity contribution in [2.75, 3.05) is 18.1 Å². The fraction of sp³-hybridized carbons (Fsp3) is 0.600. The Bertz CT molecular complexity index is 344. The van der Waals surface area contributed by atoms with Crippen molar-refractivity contribution in [1.82, 2.24) is 0 Å². The zero-order chi connectivity index (χ0) is 12.8. The molecule has 2 N–H and O–H groups in total. The van der Waals surface area contributed by atoms with Crippen LogP contribution in [0.4, 0.5) is 5.69 Å². The lowest BCUT2D eigenvalue weighted by atomic mass is 9.93. The van der Waals surface area contributed by atoms with Gasteiger partial charge in [-0.3, -0.25) is 0 Å². The van der Waals surface area contributed by atoms with E-state index in [2.05, 4.69) is 17.0 Å². The fourth-order valence-corrected chi connectivity index (χ4v) is 2.82. The molecule has 0 saturated heterocycles. The van der Waals surface area contributed by atoms with Crippen LogP contribution >= 0.6 is 0 Å². The van der Waals surface area contributed by atoms with Crippen molar-refractivity contribution in [2.45, 2.75) is 44.8 Å². The van der Waals surface area contributed by atoms with Crippen LogP contribution < -0.4 is 4.90 Å². The van der Waals surface area contributed by atoms with Crippen LogP contribution in [-0.2, 0) is 6.61 Å². The maximum absolute atomic E-state index is 9.25. The summed E-state index contributed by atoms with van der Waals surface area (Å²) in [6, 6.07) is 8.59. The molecule has 0 bridgehead atoms. The molecule has 0 radical (unpaired) electrons. The first-order valence-electron chi connectivity index (χ1n) is 6.92. The molecule has 3 nitrogen and oxygen atoms in total. The average molecular weight is 249 g/mol. The summed E-state index contributed by atoms with van der Waals surface area (Å²) in [5.41, 5.74) is 2.10. The normalized spacial score (nSPS) is 16.8. The lowest BCUT2D eigenvalue weighted by Crippen LogP contribution is -2.38. The zero-order valence-electron chi connectivity index (χ0n) is 10.9. The van der Waals surface area contributed by atoms with E-state index in [0.717, 1.165) is 11.3 Å². The van der Waals surface area contributed by atoms with Gasteiger partial charge in [0.2, 0.25) is 0 Å². The maximum Gasteiger partial charge on any atom is 0.0681 e. The topological polar surface area (TPSA) is 43.7 Å². The molecule has 1 aromatic carbocycles. The lowest BCUT2D eigenvalue weighted by molar-refractivity contribution is 0.281. The van der Waals surface area contributed by atoms with E-state index < -0.39 is 0 Å². The van der Waals surface area contributed by atoms with Gasteiger partial charge in [0.25, 0.3) is 0 Å². The fourth-order valence-electron chi connectivity index (χ4n) is 2.82. The molecule has 0 unspecified atom stereocenters. The van der Waals surface area contributed by atoms with E-state index in [-0.39, 0.29) is 13.2 Å². The highest BCUT2D eigenvalue weighted by Crippen LogP contribution is 2.27. The highest BCUT2D eigenvalue weighted by molar-refractivity contribution is 5.48. The average Bonchev–Trinajstić information content (AvgIpc) is 2.46. The summed E-state index contributed by atoms with van der Waals surface area (Å²) in [5, 5.41) is 18.3. The molecule has 0 aliphatic heterocycles. The van der Waals surface area contributed by atoms with E-state index >= 15 is 0 Å². The number of rotatable bonds is 5. The molecule has 0 heterocycles. The maximum atomic E-state index is 9.25. The van der Waals surface area contributed by atoms with Crippen LogP contribution in [0.15, 0.2) is 24.3 Å². The van der Waals surface area contributed by atoms with Crippen molar-refractivity contribution < 1.29 is 10.2 Å². The Kier molecular flexibility index (Phi) is 5.02. The number of nitrogens with zero attached hydrogens (tertiary/aromatic N) is 1. The van der Waals surface area contributed by atoms with Gasteiger partial charge in [0.15, 0.2) is 0 Å². The van der Waals surface area contributed by atoms with Crippen LogP contribution in [0.1, 0.15) is 37.7 Å². The van der Waals surface area contributed by atoms with Crippen molar-refractivity contribution in [3.05, 3.63) is 29.8 Å². The molecular weight excluding hydrogens is 226 g/mol. The van der Waals surface area contributed by atoms with Crippen molar-refractivity contribution in [2.24, 2.45) is 0 Å². The molecule has 1 aliphatic carbocycles. The Morgan fingerprint density at radius 1 is 1.00 bits per heavy atom. The largest absolute Gasteiger partial charge is 0.395 e. The summed E-state index contributed by atoms with van der Waals surface area (Å²) >= 11 is 0. The monoisotopic (exact) mass is 249 g/mol. The van der Waals surface area contributed by atoms with E-state index in [1.165, 1.54) is 32.1 Å². The van der Waals surface area contributed by atoms with E-state index in [4.69, 9.17) is 5.11 Å². The summed E-state index contributed by atoms with van der Waals surface area (Å²) in [4.78, 5) is 2.32. The third kappa shape index (κ3) is 3.24. The van der Waals surface area contributed by atoms with E-state index in [1.807, 2.05) is 12.1 Å². The molecule has 0 aromatic heterocycles. The molecule has 1 saturated carbocycles. The minimum Gasteiger partial charge on any atom is -0.395 e. The van der Waals surface area contributed by atoms with E-state index in [1.54, 1.807) is 0 Å². The van der Waals surface area contributed by atoms with Crippen molar-refractivity contribution in [3.63, 3.8) is 0 Å². The number of hydrogen-bond donors (Lipinski definition) is 2. The van der Waals surface area contributed by atoms with Crippen LogP contribution in [0.2, 0.25) is 0 Å². The third-order valence-corrected chi connectivity index (χ3v) is 3.81. The van der Waals surface area contributed by atoms with Gasteiger partial charge in [0, 0.05) is 18.3 Å².